The quantitative estimate of drug-likeness (QED) is 0.829. The second-order valence-electron chi connectivity index (χ2n) is 3.90. The van der Waals surface area contributed by atoms with Crippen molar-refractivity contribution in [1.82, 2.24) is 5.16 Å². The molecule has 0 radical (unpaired) electrons. The summed E-state index contributed by atoms with van der Waals surface area (Å²) in [5, 5.41) is 3.69. The molecule has 6 nitrogen and oxygen atoms in total. The molecule has 0 aliphatic rings. The standard InChI is InChI=1S/C11H13N3O3S/c1-7-8(2)13-17-11(7)14-18(15,16)10-5-3-9(12)4-6-10/h3-6,14H,12H2,1-2H3/i3+1,4+1,5+1,6+1,9+1,10+1. The van der Waals surface area contributed by atoms with Crippen LogP contribution in [-0.4, -0.2) is 13.6 Å². The molecule has 0 atom stereocenters. The highest BCUT2D eigenvalue weighted by Gasteiger charge is 2.18. The minimum Gasteiger partial charge on any atom is -0.399 e. The van der Waals surface area contributed by atoms with E-state index in [-0.39, 0.29) is 10.8 Å². The largest absolute Gasteiger partial charge is 0.399 e. The molecule has 0 aliphatic heterocycles. The highest BCUT2D eigenvalue weighted by atomic mass is 32.2. The van der Waals surface area contributed by atoms with Crippen molar-refractivity contribution in [3.05, 3.63) is 35.5 Å². The van der Waals surface area contributed by atoms with Crippen LogP contribution in [0.1, 0.15) is 11.3 Å². The van der Waals surface area contributed by atoms with Crippen LogP contribution < -0.4 is 10.5 Å². The number of aromatic nitrogens is 1. The number of sulfonamides is 1. The predicted molar refractivity (Wildman–Crippen MR) is 67.6 cm³/mol. The molecule has 2 rings (SSSR count). The van der Waals surface area contributed by atoms with Gasteiger partial charge in [0.25, 0.3) is 10.0 Å². The van der Waals surface area contributed by atoms with E-state index in [0.29, 0.717) is 16.9 Å². The maximum Gasteiger partial charge on any atom is 0.264 e. The van der Waals surface area contributed by atoms with E-state index in [4.69, 9.17) is 10.3 Å². The van der Waals surface area contributed by atoms with Gasteiger partial charge < -0.3 is 10.3 Å². The third-order valence-electron chi connectivity index (χ3n) is 2.57. The zero-order valence-corrected chi connectivity index (χ0v) is 10.8. The Balaban J connectivity index is 2.33. The molecular formula is C11H13N3O3S. The number of nitrogen functional groups attached to an aromatic ring is 1. The maximum atomic E-state index is 12.0. The van der Waals surface area contributed by atoms with Crippen molar-refractivity contribution < 1.29 is 12.9 Å². The second kappa shape index (κ2) is 4.34. The van der Waals surface area contributed by atoms with Gasteiger partial charge in [0, 0.05) is 11.3 Å². The van der Waals surface area contributed by atoms with E-state index in [1.54, 1.807) is 13.8 Å². The number of rotatable bonds is 3. The van der Waals surface area contributed by atoms with E-state index in [1.165, 1.54) is 24.3 Å². The van der Waals surface area contributed by atoms with Crippen LogP contribution in [0.4, 0.5) is 11.6 Å². The van der Waals surface area contributed by atoms with Gasteiger partial charge in [0.1, 0.15) is 0 Å². The molecule has 1 aromatic heterocycles. The third-order valence-corrected chi connectivity index (χ3v) is 3.92. The fourth-order valence-electron chi connectivity index (χ4n) is 1.34. The lowest BCUT2D eigenvalue weighted by molar-refractivity contribution is 0.430. The number of hydrogen-bond acceptors (Lipinski definition) is 5. The first-order chi connectivity index (χ1) is 8.40. The number of benzene rings is 1. The van der Waals surface area contributed by atoms with Crippen LogP contribution in [0.2, 0.25) is 0 Å². The number of hydrogen-bond donors (Lipinski definition) is 2. The van der Waals surface area contributed by atoms with Crippen LogP contribution in [0.3, 0.4) is 0 Å². The first kappa shape index (κ1) is 12.4. The fraction of sp³-hybridized carbons (Fsp3) is 0.182. The van der Waals surface area contributed by atoms with Crippen molar-refractivity contribution in [3.8, 4) is 0 Å². The van der Waals surface area contributed by atoms with E-state index in [9.17, 15) is 8.42 Å². The van der Waals surface area contributed by atoms with Crippen LogP contribution in [0, 0.1) is 13.8 Å². The van der Waals surface area contributed by atoms with E-state index >= 15 is 0 Å². The van der Waals surface area contributed by atoms with Gasteiger partial charge in [0.15, 0.2) is 0 Å². The molecule has 7 heteroatoms. The minimum absolute atomic E-state index is 0.116. The minimum atomic E-state index is -3.68. The molecule has 0 unspecified atom stereocenters. The van der Waals surface area contributed by atoms with Crippen molar-refractivity contribution >= 4 is 21.6 Å². The molecule has 0 amide bonds. The SMILES string of the molecule is Cc1noc(NS(=O)(=O)[13c]2[13cH][13cH][13c](N)[13cH][13cH]2)c1C. The van der Waals surface area contributed by atoms with Crippen molar-refractivity contribution in [1.29, 1.82) is 0 Å². The maximum absolute atomic E-state index is 12.0. The van der Waals surface area contributed by atoms with Gasteiger partial charge in [-0.3, -0.25) is 0 Å². The van der Waals surface area contributed by atoms with E-state index in [0.717, 1.165) is 0 Å². The lowest BCUT2D eigenvalue weighted by atomic mass is 10.3. The molecule has 96 valence electrons. The molecule has 1 heterocycles. The molecule has 1 aromatic carbocycles. The average Bonchev–Trinajstić information content (AvgIpc) is 2.61. The average molecular weight is 273 g/mol. The lowest BCUT2D eigenvalue weighted by Crippen LogP contribution is -2.13. The monoisotopic (exact) mass is 273 g/mol. The number of nitrogens with one attached hydrogen (secondary N) is 1. The molecule has 0 saturated carbocycles. The smallest absolute Gasteiger partial charge is 0.264 e. The second-order valence-corrected chi connectivity index (χ2v) is 5.58. The summed E-state index contributed by atoms with van der Waals surface area (Å²) in [5.41, 5.74) is 7.31. The Kier molecular flexibility index (Phi) is 3.00. The predicted octanol–water partition coefficient (Wildman–Crippen LogP) is 1.67. The van der Waals surface area contributed by atoms with E-state index < -0.39 is 10.0 Å². The summed E-state index contributed by atoms with van der Waals surface area (Å²) >= 11 is 0. The molecule has 0 saturated heterocycles. The lowest BCUT2D eigenvalue weighted by Gasteiger charge is -2.05. The summed E-state index contributed by atoms with van der Waals surface area (Å²) < 4.78 is 31.3. The van der Waals surface area contributed by atoms with Crippen LogP contribution in [0.15, 0.2) is 33.7 Å². The topological polar surface area (TPSA) is 98.2 Å². The number of nitrogens with zero attached hydrogens (tertiary/aromatic N) is 1. The zero-order valence-electron chi connectivity index (χ0n) is 9.97. The first-order valence-corrected chi connectivity index (χ1v) is 6.70. The molecule has 3 N–H and O–H groups in total. The summed E-state index contributed by atoms with van der Waals surface area (Å²) in [6.45, 7) is 3.46. The Morgan fingerprint density at radius 1 is 1.22 bits per heavy atom. The highest BCUT2D eigenvalue weighted by Crippen LogP contribution is 2.22. The molecule has 18 heavy (non-hydrogen) atoms. The van der Waals surface area contributed by atoms with Gasteiger partial charge >= 0.3 is 0 Å². The van der Waals surface area contributed by atoms with Gasteiger partial charge in [-0.05, 0) is 38.1 Å². The zero-order chi connectivity index (χ0) is 13.3. The molecule has 0 spiro atoms. The summed E-state index contributed by atoms with van der Waals surface area (Å²) in [6.07, 6.45) is 0. The Bertz CT molecular complexity index is 659. The van der Waals surface area contributed by atoms with Crippen LogP contribution in [0.5, 0.6) is 0 Å². The molecule has 0 aliphatic carbocycles. The van der Waals surface area contributed by atoms with Crippen molar-refractivity contribution in [2.24, 2.45) is 0 Å². The van der Waals surface area contributed by atoms with Crippen LogP contribution in [-0.2, 0) is 10.0 Å². The van der Waals surface area contributed by atoms with Gasteiger partial charge in [-0.25, -0.2) is 13.1 Å². The third kappa shape index (κ3) is 2.30. The van der Waals surface area contributed by atoms with Crippen molar-refractivity contribution in [3.63, 3.8) is 0 Å². The number of nitrogens with two attached hydrogens (primary N) is 1. The summed E-state index contributed by atoms with van der Waals surface area (Å²) in [5.74, 6) is 0.129. The Morgan fingerprint density at radius 3 is 2.33 bits per heavy atom. The number of anilines is 2. The van der Waals surface area contributed by atoms with Gasteiger partial charge in [0.05, 0.1) is 10.6 Å². The van der Waals surface area contributed by atoms with Crippen molar-refractivity contribution in [2.75, 3.05) is 10.5 Å². The Hall–Kier alpha value is -2.02. The van der Waals surface area contributed by atoms with E-state index in [2.05, 4.69) is 9.88 Å². The van der Waals surface area contributed by atoms with E-state index in [1.807, 2.05) is 0 Å². The molecule has 0 bridgehead atoms. The normalized spacial score (nSPS) is 11.4. The van der Waals surface area contributed by atoms with Crippen molar-refractivity contribution in [2.45, 2.75) is 18.7 Å². The molecular weight excluding hydrogens is 260 g/mol. The summed E-state index contributed by atoms with van der Waals surface area (Å²) in [4.78, 5) is 0.116. The summed E-state index contributed by atoms with van der Waals surface area (Å²) in [6, 6.07) is 5.90. The molecule has 2 aromatic rings. The Morgan fingerprint density at radius 2 is 1.83 bits per heavy atom. The number of aryl methyl sites for hydroxylation is 1. The van der Waals surface area contributed by atoms with Gasteiger partial charge in [0.2, 0.25) is 5.88 Å². The van der Waals surface area contributed by atoms with Gasteiger partial charge in [-0.2, -0.15) is 0 Å². The van der Waals surface area contributed by atoms with Crippen LogP contribution >= 0.6 is 0 Å². The summed E-state index contributed by atoms with van der Waals surface area (Å²) in [7, 11) is -3.68. The fourth-order valence-corrected chi connectivity index (χ4v) is 2.39. The Labute approximate surface area is 105 Å². The van der Waals surface area contributed by atoms with Crippen LogP contribution in [0.25, 0.3) is 0 Å². The first-order valence-electron chi connectivity index (χ1n) is 5.21. The molecule has 0 fully saturated rings. The van der Waals surface area contributed by atoms with Gasteiger partial charge in [-0.15, -0.1) is 0 Å². The van der Waals surface area contributed by atoms with Gasteiger partial charge in [-0.1, -0.05) is 5.16 Å². The highest BCUT2D eigenvalue weighted by molar-refractivity contribution is 7.92.